The minimum Gasteiger partial charge on any atom is -0.214 e. The van der Waals surface area contributed by atoms with E-state index < -0.39 is 14.8 Å². The van der Waals surface area contributed by atoms with Gasteiger partial charge in [0.15, 0.2) is 0 Å². The van der Waals surface area contributed by atoms with Crippen LogP contribution in [0.5, 0.6) is 0 Å². The van der Waals surface area contributed by atoms with E-state index >= 15 is 0 Å². The van der Waals surface area contributed by atoms with Crippen molar-refractivity contribution in [2.24, 2.45) is 0 Å². The van der Waals surface area contributed by atoms with Gasteiger partial charge < -0.3 is 0 Å². The van der Waals surface area contributed by atoms with Crippen LogP contribution in [0.4, 0.5) is 0 Å². The van der Waals surface area contributed by atoms with Crippen LogP contribution in [0.3, 0.4) is 0 Å². The van der Waals surface area contributed by atoms with Gasteiger partial charge in [-0.25, -0.2) is 13.1 Å². The standard InChI is InChI=1S/C16H21NO2S2/c1-4-10-17-21(18,19)16(2,3)15-7-5-13(6-8-15)14-9-11-20-12-14/h5-9,11-12,17H,4,10H2,1-3H3. The first-order chi connectivity index (χ1) is 9.88. The Morgan fingerprint density at radius 1 is 1.10 bits per heavy atom. The Morgan fingerprint density at radius 2 is 1.76 bits per heavy atom. The number of thiophene rings is 1. The summed E-state index contributed by atoms with van der Waals surface area (Å²) in [7, 11) is -3.39. The molecule has 0 bridgehead atoms. The van der Waals surface area contributed by atoms with Crippen LogP contribution < -0.4 is 4.72 Å². The van der Waals surface area contributed by atoms with Crippen molar-refractivity contribution in [1.29, 1.82) is 0 Å². The Hall–Kier alpha value is -1.17. The Bertz CT molecular complexity index is 672. The molecule has 0 aliphatic heterocycles. The number of nitrogens with one attached hydrogen (secondary N) is 1. The van der Waals surface area contributed by atoms with E-state index in [0.29, 0.717) is 6.54 Å². The highest BCUT2D eigenvalue weighted by Crippen LogP contribution is 2.31. The van der Waals surface area contributed by atoms with Crippen molar-refractivity contribution in [3.8, 4) is 11.1 Å². The lowest BCUT2D eigenvalue weighted by Gasteiger charge is -2.25. The van der Waals surface area contributed by atoms with Crippen molar-refractivity contribution >= 4 is 21.4 Å². The number of benzene rings is 1. The Balaban J connectivity index is 2.28. The van der Waals surface area contributed by atoms with Crippen LogP contribution in [0.1, 0.15) is 32.8 Å². The minimum atomic E-state index is -3.39. The van der Waals surface area contributed by atoms with E-state index in [1.54, 1.807) is 25.2 Å². The molecule has 0 saturated heterocycles. The molecule has 114 valence electrons. The SMILES string of the molecule is CCCNS(=O)(=O)C(C)(C)c1ccc(-c2ccsc2)cc1. The molecule has 0 unspecified atom stereocenters. The predicted octanol–water partition coefficient (Wildman–Crippen LogP) is 3.98. The van der Waals surface area contributed by atoms with Crippen molar-refractivity contribution in [2.75, 3.05) is 6.54 Å². The molecule has 2 aromatic rings. The van der Waals surface area contributed by atoms with E-state index in [2.05, 4.69) is 16.2 Å². The molecule has 3 nitrogen and oxygen atoms in total. The van der Waals surface area contributed by atoms with Crippen LogP contribution in [0.2, 0.25) is 0 Å². The highest BCUT2D eigenvalue weighted by molar-refractivity contribution is 7.90. The zero-order valence-corrected chi connectivity index (χ0v) is 14.2. The third-order valence-electron chi connectivity index (χ3n) is 3.65. The summed E-state index contributed by atoms with van der Waals surface area (Å²) in [4.78, 5) is 0. The quantitative estimate of drug-likeness (QED) is 0.874. The largest absolute Gasteiger partial charge is 0.221 e. The Labute approximate surface area is 131 Å². The first kappa shape index (κ1) is 16.2. The molecule has 0 aliphatic rings. The van der Waals surface area contributed by atoms with Crippen LogP contribution in [0.15, 0.2) is 41.1 Å². The average molecular weight is 323 g/mol. The monoisotopic (exact) mass is 323 g/mol. The van der Waals surface area contributed by atoms with Gasteiger partial charge in [0.05, 0.1) is 0 Å². The van der Waals surface area contributed by atoms with Crippen LogP contribution in [-0.4, -0.2) is 15.0 Å². The third-order valence-corrected chi connectivity index (χ3v) is 6.50. The number of hydrogen-bond acceptors (Lipinski definition) is 3. The van der Waals surface area contributed by atoms with E-state index in [-0.39, 0.29) is 0 Å². The molecule has 0 saturated carbocycles. The lowest BCUT2D eigenvalue weighted by molar-refractivity contribution is 0.539. The molecular formula is C16H21NO2S2. The Kier molecular flexibility index (Phi) is 4.86. The second kappa shape index (κ2) is 6.30. The van der Waals surface area contributed by atoms with Gasteiger partial charge in [-0.2, -0.15) is 11.3 Å². The second-order valence-corrected chi connectivity index (χ2v) is 8.59. The molecule has 1 heterocycles. The van der Waals surface area contributed by atoms with Crippen molar-refractivity contribution in [3.05, 3.63) is 46.7 Å². The van der Waals surface area contributed by atoms with Crippen LogP contribution in [0, 0.1) is 0 Å². The molecule has 5 heteroatoms. The van der Waals surface area contributed by atoms with Gasteiger partial charge in [-0.05, 0) is 53.8 Å². The van der Waals surface area contributed by atoms with Gasteiger partial charge in [-0.3, -0.25) is 0 Å². The normalized spacial score (nSPS) is 12.5. The lowest BCUT2D eigenvalue weighted by atomic mass is 9.99. The molecule has 1 N–H and O–H groups in total. The number of rotatable bonds is 6. The summed E-state index contributed by atoms with van der Waals surface area (Å²) in [6.45, 7) is 5.90. The Morgan fingerprint density at radius 3 is 2.29 bits per heavy atom. The summed E-state index contributed by atoms with van der Waals surface area (Å²) in [6, 6.07) is 9.82. The van der Waals surface area contributed by atoms with Gasteiger partial charge in [0, 0.05) is 6.54 Å². The van der Waals surface area contributed by atoms with E-state index in [1.807, 2.05) is 36.6 Å². The first-order valence-corrected chi connectivity index (χ1v) is 9.43. The van der Waals surface area contributed by atoms with E-state index in [9.17, 15) is 8.42 Å². The molecule has 1 aromatic heterocycles. The topological polar surface area (TPSA) is 46.2 Å². The highest BCUT2D eigenvalue weighted by Gasteiger charge is 2.35. The van der Waals surface area contributed by atoms with Crippen molar-refractivity contribution in [2.45, 2.75) is 31.9 Å². The second-order valence-electron chi connectivity index (χ2n) is 5.50. The number of sulfonamides is 1. The van der Waals surface area contributed by atoms with Crippen molar-refractivity contribution < 1.29 is 8.42 Å². The summed E-state index contributed by atoms with van der Waals surface area (Å²) < 4.78 is 26.5. The molecule has 1 aromatic carbocycles. The van der Waals surface area contributed by atoms with Crippen molar-refractivity contribution in [1.82, 2.24) is 4.72 Å². The molecular weight excluding hydrogens is 302 g/mol. The number of hydrogen-bond donors (Lipinski definition) is 1. The molecule has 0 amide bonds. The molecule has 0 radical (unpaired) electrons. The first-order valence-electron chi connectivity index (χ1n) is 7.01. The van der Waals surface area contributed by atoms with Gasteiger partial charge in [-0.15, -0.1) is 0 Å². The average Bonchev–Trinajstić information content (AvgIpc) is 2.99. The van der Waals surface area contributed by atoms with Gasteiger partial charge in [0.2, 0.25) is 10.0 Å². The summed E-state index contributed by atoms with van der Waals surface area (Å²) >= 11 is 1.65. The third kappa shape index (κ3) is 3.36. The molecule has 0 atom stereocenters. The smallest absolute Gasteiger partial charge is 0.214 e. The molecule has 2 rings (SSSR count). The van der Waals surface area contributed by atoms with Gasteiger partial charge >= 0.3 is 0 Å². The molecule has 0 spiro atoms. The fraction of sp³-hybridized carbons (Fsp3) is 0.375. The van der Waals surface area contributed by atoms with Crippen LogP contribution in [0.25, 0.3) is 11.1 Å². The van der Waals surface area contributed by atoms with Gasteiger partial charge in [0.1, 0.15) is 4.75 Å². The maximum absolute atomic E-state index is 12.4. The zero-order chi connectivity index (χ0) is 15.5. The summed E-state index contributed by atoms with van der Waals surface area (Å²) in [6.07, 6.45) is 0.784. The van der Waals surface area contributed by atoms with Crippen LogP contribution >= 0.6 is 11.3 Å². The minimum absolute atomic E-state index is 0.471. The fourth-order valence-electron chi connectivity index (χ4n) is 2.06. The van der Waals surface area contributed by atoms with Gasteiger partial charge in [0.25, 0.3) is 0 Å². The summed E-state index contributed by atoms with van der Waals surface area (Å²) in [5.74, 6) is 0. The fourth-order valence-corrected chi connectivity index (χ4v) is 4.01. The summed E-state index contributed by atoms with van der Waals surface area (Å²) in [5.41, 5.74) is 3.07. The van der Waals surface area contributed by atoms with E-state index in [4.69, 9.17) is 0 Å². The lowest BCUT2D eigenvalue weighted by Crippen LogP contribution is -2.39. The zero-order valence-electron chi connectivity index (χ0n) is 12.6. The van der Waals surface area contributed by atoms with E-state index in [1.165, 1.54) is 0 Å². The van der Waals surface area contributed by atoms with Crippen LogP contribution in [-0.2, 0) is 14.8 Å². The molecule has 0 aliphatic carbocycles. The molecule has 21 heavy (non-hydrogen) atoms. The molecule has 0 fully saturated rings. The maximum Gasteiger partial charge on any atom is 0.221 e. The maximum atomic E-state index is 12.4. The van der Waals surface area contributed by atoms with Gasteiger partial charge in [-0.1, -0.05) is 31.2 Å². The summed E-state index contributed by atoms with van der Waals surface area (Å²) in [5, 5.41) is 4.12. The highest BCUT2D eigenvalue weighted by atomic mass is 32.2. The van der Waals surface area contributed by atoms with Crippen molar-refractivity contribution in [3.63, 3.8) is 0 Å². The predicted molar refractivity (Wildman–Crippen MR) is 90.0 cm³/mol. The van der Waals surface area contributed by atoms with E-state index in [0.717, 1.165) is 23.1 Å².